The van der Waals surface area contributed by atoms with Gasteiger partial charge in [-0.25, -0.2) is 4.79 Å². The summed E-state index contributed by atoms with van der Waals surface area (Å²) in [6, 6.07) is 8.04. The van der Waals surface area contributed by atoms with E-state index in [1.165, 1.54) is 0 Å². The van der Waals surface area contributed by atoms with Crippen LogP contribution in [-0.2, 0) is 9.47 Å². The molecule has 1 aliphatic rings. The van der Waals surface area contributed by atoms with Crippen molar-refractivity contribution < 1.29 is 14.3 Å². The number of carbonyl (C=O) groups is 1. The number of hydrogen-bond acceptors (Lipinski definition) is 5. The summed E-state index contributed by atoms with van der Waals surface area (Å²) in [6.07, 6.45) is 1.83. The van der Waals surface area contributed by atoms with Gasteiger partial charge in [-0.2, -0.15) is 0 Å². The van der Waals surface area contributed by atoms with Crippen LogP contribution in [0.3, 0.4) is 0 Å². The molecule has 0 N–H and O–H groups in total. The Bertz CT molecular complexity index is 716. The number of morpholine rings is 1. The third-order valence-corrected chi connectivity index (χ3v) is 4.44. The molecule has 0 spiro atoms. The molecule has 122 valence electrons. The standard InChI is InChI=1S/C18H22N2O3/c1-4-22-18(21)15-7-8-19-17-6-5-14(11-16(15)17)20-9-10-23-13(3)12(20)2/h5-8,11-13H,4,9-10H2,1-3H3/t12-,13-/m1/s1. The van der Waals surface area contributed by atoms with Crippen molar-refractivity contribution >= 4 is 22.6 Å². The van der Waals surface area contributed by atoms with Crippen molar-refractivity contribution in [3.05, 3.63) is 36.0 Å². The fraction of sp³-hybridized carbons (Fsp3) is 0.444. The van der Waals surface area contributed by atoms with E-state index in [0.29, 0.717) is 18.8 Å². The summed E-state index contributed by atoms with van der Waals surface area (Å²) in [4.78, 5) is 18.8. The normalized spacial score (nSPS) is 21.4. The second-order valence-electron chi connectivity index (χ2n) is 5.79. The second kappa shape index (κ2) is 6.54. The Hall–Kier alpha value is -2.14. The first-order chi connectivity index (χ1) is 11.1. The van der Waals surface area contributed by atoms with Crippen LogP contribution >= 0.6 is 0 Å². The van der Waals surface area contributed by atoms with E-state index in [2.05, 4.69) is 29.8 Å². The van der Waals surface area contributed by atoms with Crippen LogP contribution in [0, 0.1) is 0 Å². The summed E-state index contributed by atoms with van der Waals surface area (Å²) >= 11 is 0. The van der Waals surface area contributed by atoms with E-state index >= 15 is 0 Å². The largest absolute Gasteiger partial charge is 0.462 e. The third kappa shape index (κ3) is 3.01. The number of carbonyl (C=O) groups excluding carboxylic acids is 1. The Morgan fingerprint density at radius 2 is 2.22 bits per heavy atom. The van der Waals surface area contributed by atoms with Gasteiger partial charge in [0, 0.05) is 23.8 Å². The molecule has 2 aromatic rings. The molecule has 0 bridgehead atoms. The Kier molecular flexibility index (Phi) is 4.48. The molecule has 5 nitrogen and oxygen atoms in total. The van der Waals surface area contributed by atoms with Gasteiger partial charge in [-0.05, 0) is 45.0 Å². The highest BCUT2D eigenvalue weighted by Gasteiger charge is 2.26. The Labute approximate surface area is 136 Å². The number of esters is 1. The molecule has 0 aliphatic carbocycles. The molecule has 1 aromatic heterocycles. The molecule has 1 aromatic carbocycles. The average Bonchev–Trinajstić information content (AvgIpc) is 2.56. The third-order valence-electron chi connectivity index (χ3n) is 4.44. The van der Waals surface area contributed by atoms with E-state index < -0.39 is 0 Å². The quantitative estimate of drug-likeness (QED) is 0.815. The van der Waals surface area contributed by atoms with Crippen molar-refractivity contribution in [1.82, 2.24) is 4.98 Å². The zero-order valence-corrected chi connectivity index (χ0v) is 13.8. The highest BCUT2D eigenvalue weighted by atomic mass is 16.5. The van der Waals surface area contributed by atoms with Gasteiger partial charge in [-0.3, -0.25) is 4.98 Å². The first-order valence-electron chi connectivity index (χ1n) is 8.06. The molecule has 5 heteroatoms. The number of pyridine rings is 1. The van der Waals surface area contributed by atoms with Gasteiger partial charge in [-0.15, -0.1) is 0 Å². The number of aromatic nitrogens is 1. The number of nitrogens with zero attached hydrogens (tertiary/aromatic N) is 2. The van der Waals surface area contributed by atoms with Crippen molar-refractivity contribution in [2.24, 2.45) is 0 Å². The van der Waals surface area contributed by atoms with Crippen molar-refractivity contribution in [1.29, 1.82) is 0 Å². The van der Waals surface area contributed by atoms with Crippen LogP contribution in [0.4, 0.5) is 5.69 Å². The molecule has 1 aliphatic heterocycles. The van der Waals surface area contributed by atoms with Gasteiger partial charge in [-0.1, -0.05) is 0 Å². The molecule has 2 heterocycles. The van der Waals surface area contributed by atoms with Crippen LogP contribution < -0.4 is 4.90 Å². The summed E-state index contributed by atoms with van der Waals surface area (Å²) in [5, 5.41) is 0.829. The molecule has 0 radical (unpaired) electrons. The zero-order chi connectivity index (χ0) is 16.4. The lowest BCUT2D eigenvalue weighted by atomic mass is 10.1. The van der Waals surface area contributed by atoms with Crippen LogP contribution in [0.5, 0.6) is 0 Å². The lowest BCUT2D eigenvalue weighted by Crippen LogP contribution is -2.48. The summed E-state index contributed by atoms with van der Waals surface area (Å²) in [5.41, 5.74) is 2.44. The second-order valence-corrected chi connectivity index (χ2v) is 5.79. The van der Waals surface area contributed by atoms with E-state index in [-0.39, 0.29) is 18.1 Å². The highest BCUT2D eigenvalue weighted by Crippen LogP contribution is 2.28. The first kappa shape index (κ1) is 15.7. The summed E-state index contributed by atoms with van der Waals surface area (Å²) in [6.45, 7) is 7.96. The minimum atomic E-state index is -0.305. The maximum Gasteiger partial charge on any atom is 0.338 e. The number of rotatable bonds is 3. The number of fused-ring (bicyclic) bond motifs is 1. The molecule has 23 heavy (non-hydrogen) atoms. The maximum absolute atomic E-state index is 12.2. The molecule has 2 atom stereocenters. The molecule has 0 saturated carbocycles. The van der Waals surface area contributed by atoms with Gasteiger partial charge in [0.2, 0.25) is 0 Å². The topological polar surface area (TPSA) is 51.7 Å². The van der Waals surface area contributed by atoms with Gasteiger partial charge in [0.05, 0.1) is 36.4 Å². The van der Waals surface area contributed by atoms with Gasteiger partial charge in [0.15, 0.2) is 0 Å². The monoisotopic (exact) mass is 314 g/mol. The van der Waals surface area contributed by atoms with Crippen molar-refractivity contribution in [3.63, 3.8) is 0 Å². The van der Waals surface area contributed by atoms with Crippen LogP contribution in [0.15, 0.2) is 30.5 Å². The van der Waals surface area contributed by atoms with E-state index in [0.717, 1.165) is 23.1 Å². The maximum atomic E-state index is 12.2. The average molecular weight is 314 g/mol. The minimum absolute atomic E-state index is 0.179. The predicted octanol–water partition coefficient (Wildman–Crippen LogP) is 3.03. The van der Waals surface area contributed by atoms with Crippen LogP contribution in [0.1, 0.15) is 31.1 Å². The molecule has 0 amide bonds. The fourth-order valence-corrected chi connectivity index (χ4v) is 3.00. The SMILES string of the molecule is CCOC(=O)c1ccnc2ccc(N3CCO[C@H](C)[C@H]3C)cc12. The lowest BCUT2D eigenvalue weighted by molar-refractivity contribution is 0.0284. The number of anilines is 1. The van der Waals surface area contributed by atoms with Gasteiger partial charge < -0.3 is 14.4 Å². The van der Waals surface area contributed by atoms with E-state index in [4.69, 9.17) is 9.47 Å². The van der Waals surface area contributed by atoms with Crippen molar-refractivity contribution in [2.45, 2.75) is 32.9 Å². The van der Waals surface area contributed by atoms with Crippen molar-refractivity contribution in [3.8, 4) is 0 Å². The molecule has 3 rings (SSSR count). The summed E-state index contributed by atoms with van der Waals surface area (Å²) < 4.78 is 10.9. The molecular weight excluding hydrogens is 292 g/mol. The molecule has 1 fully saturated rings. The Morgan fingerprint density at radius 1 is 1.39 bits per heavy atom. The van der Waals surface area contributed by atoms with Crippen LogP contribution in [0.2, 0.25) is 0 Å². The van der Waals surface area contributed by atoms with Crippen molar-refractivity contribution in [2.75, 3.05) is 24.7 Å². The lowest BCUT2D eigenvalue weighted by Gasteiger charge is -2.39. The first-order valence-corrected chi connectivity index (χ1v) is 8.06. The Morgan fingerprint density at radius 3 is 3.00 bits per heavy atom. The minimum Gasteiger partial charge on any atom is -0.462 e. The van der Waals surface area contributed by atoms with Gasteiger partial charge in [0.25, 0.3) is 0 Å². The van der Waals surface area contributed by atoms with Crippen LogP contribution in [0.25, 0.3) is 10.9 Å². The fourth-order valence-electron chi connectivity index (χ4n) is 3.00. The summed E-state index contributed by atoms with van der Waals surface area (Å²) in [7, 11) is 0. The predicted molar refractivity (Wildman–Crippen MR) is 89.9 cm³/mol. The Balaban J connectivity index is 2.03. The summed E-state index contributed by atoms with van der Waals surface area (Å²) in [5.74, 6) is -0.305. The van der Waals surface area contributed by atoms with E-state index in [1.54, 1.807) is 12.3 Å². The van der Waals surface area contributed by atoms with Crippen LogP contribution in [-0.4, -0.2) is 42.9 Å². The number of benzene rings is 1. The molecule has 0 unspecified atom stereocenters. The smallest absolute Gasteiger partial charge is 0.338 e. The number of ether oxygens (including phenoxy) is 2. The number of hydrogen-bond donors (Lipinski definition) is 0. The zero-order valence-electron chi connectivity index (χ0n) is 13.8. The van der Waals surface area contributed by atoms with E-state index in [1.807, 2.05) is 19.1 Å². The molecular formula is C18H22N2O3. The molecule has 1 saturated heterocycles. The van der Waals surface area contributed by atoms with Gasteiger partial charge >= 0.3 is 5.97 Å². The van der Waals surface area contributed by atoms with E-state index in [9.17, 15) is 4.79 Å². The van der Waals surface area contributed by atoms with Gasteiger partial charge in [0.1, 0.15) is 0 Å². The highest BCUT2D eigenvalue weighted by molar-refractivity contribution is 6.04.